The number of nitriles is 1. The zero-order chi connectivity index (χ0) is 13.8. The van der Waals surface area contributed by atoms with Crippen molar-refractivity contribution < 1.29 is 9.53 Å². The Morgan fingerprint density at radius 3 is 2.56 bits per heavy atom. The summed E-state index contributed by atoms with van der Waals surface area (Å²) in [5.41, 5.74) is -0.793. The highest BCUT2D eigenvalue weighted by Gasteiger charge is 2.49. The van der Waals surface area contributed by atoms with Gasteiger partial charge in [0.2, 0.25) is 5.91 Å². The van der Waals surface area contributed by atoms with Gasteiger partial charge in [-0.05, 0) is 31.6 Å². The lowest BCUT2D eigenvalue weighted by Gasteiger charge is -2.40. The molecule has 18 heavy (non-hydrogen) atoms. The van der Waals surface area contributed by atoms with E-state index in [-0.39, 0.29) is 11.9 Å². The van der Waals surface area contributed by atoms with Gasteiger partial charge in [0.05, 0.1) is 18.7 Å². The van der Waals surface area contributed by atoms with E-state index in [1.807, 2.05) is 20.8 Å². The summed E-state index contributed by atoms with van der Waals surface area (Å²) >= 11 is 0. The van der Waals surface area contributed by atoms with Crippen LogP contribution in [-0.4, -0.2) is 25.2 Å². The molecular formula is C14H24N2O2. The highest BCUT2D eigenvalue weighted by atomic mass is 16.5. The second-order valence-corrected chi connectivity index (χ2v) is 5.69. The zero-order valence-electron chi connectivity index (χ0n) is 11.8. The van der Waals surface area contributed by atoms with Gasteiger partial charge < -0.3 is 10.1 Å². The quantitative estimate of drug-likeness (QED) is 0.787. The van der Waals surface area contributed by atoms with E-state index in [0.29, 0.717) is 37.9 Å². The summed E-state index contributed by atoms with van der Waals surface area (Å²) in [5.74, 6) is 0.648. The van der Waals surface area contributed by atoms with Crippen LogP contribution in [0.25, 0.3) is 0 Å². The molecule has 0 aromatic rings. The van der Waals surface area contributed by atoms with Crippen molar-refractivity contribution in [3.63, 3.8) is 0 Å². The summed E-state index contributed by atoms with van der Waals surface area (Å²) in [5, 5.41) is 12.2. The number of hydrogen-bond acceptors (Lipinski definition) is 3. The number of amides is 1. The molecule has 4 nitrogen and oxygen atoms in total. The van der Waals surface area contributed by atoms with Gasteiger partial charge in [0.25, 0.3) is 0 Å². The molecule has 0 heterocycles. The lowest BCUT2D eigenvalue weighted by atomic mass is 9.63. The molecule has 1 saturated carbocycles. The number of carbonyl (C=O) groups is 1. The number of nitrogens with one attached hydrogen (secondary N) is 1. The zero-order valence-corrected chi connectivity index (χ0v) is 11.8. The van der Waals surface area contributed by atoms with Crippen molar-refractivity contribution in [2.75, 3.05) is 13.2 Å². The van der Waals surface area contributed by atoms with Crippen molar-refractivity contribution in [1.82, 2.24) is 5.32 Å². The molecule has 4 heteroatoms. The van der Waals surface area contributed by atoms with Crippen LogP contribution in [0.1, 0.15) is 40.5 Å². The minimum absolute atomic E-state index is 0.0152. The van der Waals surface area contributed by atoms with Crippen molar-refractivity contribution in [1.29, 1.82) is 5.26 Å². The molecule has 0 aromatic carbocycles. The Kier molecular flexibility index (Phi) is 5.15. The molecule has 0 aliphatic heterocycles. The maximum absolute atomic E-state index is 12.2. The molecular weight excluding hydrogens is 228 g/mol. The molecule has 1 rings (SSSR count). The molecule has 1 amide bonds. The van der Waals surface area contributed by atoms with Crippen molar-refractivity contribution in [3.05, 3.63) is 0 Å². The van der Waals surface area contributed by atoms with Gasteiger partial charge in [-0.3, -0.25) is 4.79 Å². The van der Waals surface area contributed by atoms with E-state index in [2.05, 4.69) is 18.3 Å². The normalized spacial score (nSPS) is 28.3. The van der Waals surface area contributed by atoms with Crippen LogP contribution in [0.15, 0.2) is 0 Å². The highest BCUT2D eigenvalue weighted by molar-refractivity contribution is 5.86. The van der Waals surface area contributed by atoms with Gasteiger partial charge >= 0.3 is 0 Å². The smallest absolute Gasteiger partial charge is 0.240 e. The standard InChI is InChI=1S/C14H24N2O2/c1-5-18-8-12(10(2)3)16-13(17)14(9-15)6-11(4)7-14/h10-12H,5-8H2,1-4H3,(H,16,17). The summed E-state index contributed by atoms with van der Waals surface area (Å²) < 4.78 is 5.38. The Hall–Kier alpha value is -1.08. The van der Waals surface area contributed by atoms with Crippen LogP contribution in [-0.2, 0) is 9.53 Å². The molecule has 1 atom stereocenters. The molecule has 1 aliphatic rings. The van der Waals surface area contributed by atoms with Gasteiger partial charge in [-0.2, -0.15) is 5.26 Å². The topological polar surface area (TPSA) is 62.1 Å². The van der Waals surface area contributed by atoms with Gasteiger partial charge in [-0.15, -0.1) is 0 Å². The van der Waals surface area contributed by atoms with Crippen molar-refractivity contribution in [2.45, 2.75) is 46.6 Å². The van der Waals surface area contributed by atoms with Crippen LogP contribution in [0.5, 0.6) is 0 Å². The third-order valence-corrected chi connectivity index (χ3v) is 3.67. The Morgan fingerprint density at radius 2 is 2.17 bits per heavy atom. The molecule has 0 radical (unpaired) electrons. The Labute approximate surface area is 110 Å². The molecule has 1 unspecified atom stereocenters. The first kappa shape index (κ1) is 15.0. The summed E-state index contributed by atoms with van der Waals surface area (Å²) in [6.45, 7) is 9.25. The molecule has 1 aliphatic carbocycles. The summed E-state index contributed by atoms with van der Waals surface area (Å²) in [7, 11) is 0. The lowest BCUT2D eigenvalue weighted by molar-refractivity contribution is -0.135. The predicted molar refractivity (Wildman–Crippen MR) is 69.7 cm³/mol. The first-order chi connectivity index (χ1) is 8.45. The van der Waals surface area contributed by atoms with Gasteiger partial charge in [0, 0.05) is 6.61 Å². The van der Waals surface area contributed by atoms with Crippen molar-refractivity contribution in [2.24, 2.45) is 17.3 Å². The summed E-state index contributed by atoms with van der Waals surface area (Å²) in [4.78, 5) is 12.2. The minimum Gasteiger partial charge on any atom is -0.380 e. The van der Waals surface area contributed by atoms with Gasteiger partial charge in [0.15, 0.2) is 0 Å². The fraction of sp³-hybridized carbons (Fsp3) is 0.857. The second kappa shape index (κ2) is 6.19. The number of nitrogens with zero attached hydrogens (tertiary/aromatic N) is 1. The van der Waals surface area contributed by atoms with Crippen LogP contribution >= 0.6 is 0 Å². The predicted octanol–water partition coefficient (Wildman–Crippen LogP) is 2.10. The van der Waals surface area contributed by atoms with E-state index in [1.165, 1.54) is 0 Å². The molecule has 0 bridgehead atoms. The van der Waals surface area contributed by atoms with E-state index < -0.39 is 5.41 Å². The van der Waals surface area contributed by atoms with E-state index in [0.717, 1.165) is 0 Å². The number of hydrogen-bond donors (Lipinski definition) is 1. The summed E-state index contributed by atoms with van der Waals surface area (Å²) in [6.07, 6.45) is 1.35. The lowest BCUT2D eigenvalue weighted by Crippen LogP contribution is -2.53. The van der Waals surface area contributed by atoms with Gasteiger partial charge in [-0.1, -0.05) is 20.8 Å². The highest BCUT2D eigenvalue weighted by Crippen LogP contribution is 2.45. The average molecular weight is 252 g/mol. The van der Waals surface area contributed by atoms with Crippen LogP contribution in [0, 0.1) is 28.6 Å². The summed E-state index contributed by atoms with van der Waals surface area (Å²) in [6, 6.07) is 2.18. The second-order valence-electron chi connectivity index (χ2n) is 5.69. The molecule has 0 spiro atoms. The molecule has 1 N–H and O–H groups in total. The van der Waals surface area contributed by atoms with E-state index >= 15 is 0 Å². The minimum atomic E-state index is -0.793. The third kappa shape index (κ3) is 3.23. The number of ether oxygens (including phenoxy) is 1. The first-order valence-corrected chi connectivity index (χ1v) is 6.75. The maximum atomic E-state index is 12.2. The van der Waals surface area contributed by atoms with E-state index in [1.54, 1.807) is 0 Å². The molecule has 1 fully saturated rings. The van der Waals surface area contributed by atoms with Crippen LogP contribution < -0.4 is 5.32 Å². The Balaban J connectivity index is 2.58. The molecule has 102 valence electrons. The largest absolute Gasteiger partial charge is 0.380 e. The van der Waals surface area contributed by atoms with E-state index in [9.17, 15) is 10.1 Å². The van der Waals surface area contributed by atoms with Crippen molar-refractivity contribution >= 4 is 5.91 Å². The fourth-order valence-corrected chi connectivity index (χ4v) is 2.41. The third-order valence-electron chi connectivity index (χ3n) is 3.67. The van der Waals surface area contributed by atoms with Crippen LogP contribution in [0.3, 0.4) is 0 Å². The number of rotatable bonds is 6. The average Bonchev–Trinajstić information content (AvgIpc) is 2.29. The Bertz CT molecular complexity index is 327. The van der Waals surface area contributed by atoms with Crippen LogP contribution in [0.4, 0.5) is 0 Å². The van der Waals surface area contributed by atoms with Crippen LogP contribution in [0.2, 0.25) is 0 Å². The molecule has 0 aromatic heterocycles. The number of carbonyl (C=O) groups excluding carboxylic acids is 1. The van der Waals surface area contributed by atoms with Crippen molar-refractivity contribution in [3.8, 4) is 6.07 Å². The fourth-order valence-electron chi connectivity index (χ4n) is 2.41. The monoisotopic (exact) mass is 252 g/mol. The molecule has 0 saturated heterocycles. The first-order valence-electron chi connectivity index (χ1n) is 6.75. The maximum Gasteiger partial charge on any atom is 0.240 e. The SMILES string of the molecule is CCOCC(NC(=O)C1(C#N)CC(C)C1)C(C)C. The Morgan fingerprint density at radius 1 is 1.56 bits per heavy atom. The van der Waals surface area contributed by atoms with Gasteiger partial charge in [-0.25, -0.2) is 0 Å². The van der Waals surface area contributed by atoms with Gasteiger partial charge in [0.1, 0.15) is 5.41 Å². The van der Waals surface area contributed by atoms with E-state index in [4.69, 9.17) is 4.74 Å².